The van der Waals surface area contributed by atoms with Gasteiger partial charge >= 0.3 is 7.12 Å². The molecule has 6 heteroatoms. The first-order valence-electron chi connectivity index (χ1n) is 6.77. The quantitative estimate of drug-likeness (QED) is 0.274. The molecule has 4 N–H and O–H groups in total. The number of halogens is 1. The summed E-state index contributed by atoms with van der Waals surface area (Å²) in [5, 5.41) is 20.0. The van der Waals surface area contributed by atoms with E-state index in [9.17, 15) is 10.0 Å². The molecule has 0 spiro atoms. The lowest BCUT2D eigenvalue weighted by molar-refractivity contribution is -0.662. The number of rotatable bonds is 3. The van der Waals surface area contributed by atoms with E-state index in [1.54, 1.807) is 12.1 Å². The maximum absolute atomic E-state index is 9.46. The van der Waals surface area contributed by atoms with Gasteiger partial charge < -0.3 is 32.8 Å². The van der Waals surface area contributed by atoms with Crippen LogP contribution in [-0.2, 0) is 6.54 Å². The van der Waals surface area contributed by atoms with Crippen LogP contribution in [0.4, 0.5) is 5.69 Å². The van der Waals surface area contributed by atoms with Crippen LogP contribution in [-0.4, -0.2) is 17.2 Å². The SMILES string of the molecule is Nc1ccc2c(ccc[n+]2Cc2ccccc2B(O)O)c1.[Br-]. The van der Waals surface area contributed by atoms with Crippen LogP contribution in [0.25, 0.3) is 10.9 Å². The lowest BCUT2D eigenvalue weighted by Gasteiger charge is -2.07. The van der Waals surface area contributed by atoms with Gasteiger partial charge in [0.1, 0.15) is 0 Å². The highest BCUT2D eigenvalue weighted by molar-refractivity contribution is 6.59. The Balaban J connectivity index is 0.00000176. The van der Waals surface area contributed by atoms with E-state index in [0.717, 1.165) is 22.2 Å². The number of nitrogen functional groups attached to an aromatic ring is 1. The zero-order chi connectivity index (χ0) is 14.8. The topological polar surface area (TPSA) is 70.4 Å². The molecular formula is C16H16BBrN2O2. The molecule has 0 unspecified atom stereocenters. The van der Waals surface area contributed by atoms with Gasteiger partial charge in [0.05, 0.1) is 0 Å². The lowest BCUT2D eigenvalue weighted by atomic mass is 9.77. The van der Waals surface area contributed by atoms with Crippen LogP contribution in [0.3, 0.4) is 0 Å². The summed E-state index contributed by atoms with van der Waals surface area (Å²) in [6.07, 6.45) is 1.97. The van der Waals surface area contributed by atoms with Gasteiger partial charge in [0, 0.05) is 28.8 Å². The van der Waals surface area contributed by atoms with Gasteiger partial charge in [0.15, 0.2) is 12.7 Å². The Kier molecular flexibility index (Phi) is 5.18. The monoisotopic (exact) mass is 358 g/mol. The van der Waals surface area contributed by atoms with Gasteiger partial charge in [-0.3, -0.25) is 0 Å². The van der Waals surface area contributed by atoms with Crippen LogP contribution in [0.1, 0.15) is 5.56 Å². The fourth-order valence-electron chi connectivity index (χ4n) is 2.55. The van der Waals surface area contributed by atoms with Crippen LogP contribution < -0.4 is 32.7 Å². The first-order valence-corrected chi connectivity index (χ1v) is 6.77. The van der Waals surface area contributed by atoms with Crippen LogP contribution in [0.15, 0.2) is 60.8 Å². The molecule has 22 heavy (non-hydrogen) atoms. The van der Waals surface area contributed by atoms with E-state index in [2.05, 4.69) is 4.57 Å². The number of pyridine rings is 1. The van der Waals surface area contributed by atoms with Gasteiger partial charge in [-0.25, -0.2) is 0 Å². The van der Waals surface area contributed by atoms with E-state index < -0.39 is 7.12 Å². The van der Waals surface area contributed by atoms with Crippen molar-refractivity contribution < 1.29 is 31.6 Å². The normalized spacial score (nSPS) is 10.3. The third kappa shape index (κ3) is 3.30. The Labute approximate surface area is 139 Å². The molecule has 0 saturated heterocycles. The summed E-state index contributed by atoms with van der Waals surface area (Å²) >= 11 is 0. The summed E-state index contributed by atoms with van der Waals surface area (Å²) in [7, 11) is -1.47. The first kappa shape index (κ1) is 16.5. The molecule has 112 valence electrons. The molecule has 3 aromatic rings. The maximum atomic E-state index is 9.46. The highest BCUT2D eigenvalue weighted by Gasteiger charge is 2.18. The summed E-state index contributed by atoms with van der Waals surface area (Å²) < 4.78 is 2.07. The summed E-state index contributed by atoms with van der Waals surface area (Å²) in [5.41, 5.74) is 9.00. The second-order valence-electron chi connectivity index (χ2n) is 5.03. The maximum Gasteiger partial charge on any atom is 0.488 e. The van der Waals surface area contributed by atoms with Gasteiger partial charge in [-0.15, -0.1) is 0 Å². The Morgan fingerprint density at radius 2 is 1.77 bits per heavy atom. The molecule has 0 bridgehead atoms. The summed E-state index contributed by atoms with van der Waals surface area (Å²) in [4.78, 5) is 0. The molecule has 1 aromatic heterocycles. The molecule has 0 saturated carbocycles. The standard InChI is InChI=1S/C16H16BN2O2.BrH/c18-14-7-8-16-12(10-14)5-3-9-19(16)11-13-4-1-2-6-15(13)17(20)21;/h1-10,20-21H,11,18H2;1H/q+1;/p-1. The van der Waals surface area contributed by atoms with Crippen LogP contribution in [0, 0.1) is 0 Å². The molecule has 0 atom stereocenters. The lowest BCUT2D eigenvalue weighted by Crippen LogP contribution is -3.00. The number of nitrogens with two attached hydrogens (primary N) is 1. The Bertz CT molecular complexity index is 796. The highest BCUT2D eigenvalue weighted by Crippen LogP contribution is 2.13. The van der Waals surface area contributed by atoms with Gasteiger partial charge in [-0.2, -0.15) is 4.57 Å². The van der Waals surface area contributed by atoms with Gasteiger partial charge in [-0.05, 0) is 23.7 Å². The predicted octanol–water partition coefficient (Wildman–Crippen LogP) is -2.56. The van der Waals surface area contributed by atoms with Crippen LogP contribution in [0.2, 0.25) is 0 Å². The molecule has 0 fully saturated rings. The van der Waals surface area contributed by atoms with Crippen molar-refractivity contribution in [3.63, 3.8) is 0 Å². The second-order valence-corrected chi connectivity index (χ2v) is 5.03. The van der Waals surface area contributed by atoms with Crippen LogP contribution in [0.5, 0.6) is 0 Å². The Hall–Kier alpha value is -1.89. The van der Waals surface area contributed by atoms with Crippen molar-refractivity contribution in [3.8, 4) is 0 Å². The second kappa shape index (κ2) is 6.92. The molecule has 0 amide bonds. The third-order valence-electron chi connectivity index (χ3n) is 3.58. The van der Waals surface area contributed by atoms with Crippen molar-refractivity contribution in [2.75, 3.05) is 5.73 Å². The van der Waals surface area contributed by atoms with Crippen molar-refractivity contribution in [1.29, 1.82) is 0 Å². The van der Waals surface area contributed by atoms with Crippen LogP contribution >= 0.6 is 0 Å². The minimum Gasteiger partial charge on any atom is -1.00 e. The smallest absolute Gasteiger partial charge is 0.488 e. The largest absolute Gasteiger partial charge is 1.00 e. The van der Waals surface area contributed by atoms with Gasteiger partial charge in [-0.1, -0.05) is 24.3 Å². The molecule has 2 aromatic carbocycles. The van der Waals surface area contributed by atoms with E-state index in [0.29, 0.717) is 12.0 Å². The van der Waals surface area contributed by atoms with Crippen molar-refractivity contribution >= 4 is 29.2 Å². The number of hydrogen-bond donors (Lipinski definition) is 3. The first-order chi connectivity index (χ1) is 10.1. The Morgan fingerprint density at radius 3 is 2.55 bits per heavy atom. The van der Waals surface area contributed by atoms with Crippen molar-refractivity contribution in [2.24, 2.45) is 0 Å². The minimum atomic E-state index is -1.47. The van der Waals surface area contributed by atoms with E-state index in [1.807, 2.05) is 48.7 Å². The molecule has 0 radical (unpaired) electrons. The van der Waals surface area contributed by atoms with E-state index in [-0.39, 0.29) is 17.0 Å². The molecule has 0 aliphatic rings. The summed E-state index contributed by atoms with van der Waals surface area (Å²) in [6, 6.07) is 17.1. The molecular weight excluding hydrogens is 343 g/mol. The van der Waals surface area contributed by atoms with Crippen molar-refractivity contribution in [1.82, 2.24) is 0 Å². The van der Waals surface area contributed by atoms with Crippen molar-refractivity contribution in [2.45, 2.75) is 6.54 Å². The fourth-order valence-corrected chi connectivity index (χ4v) is 2.55. The fraction of sp³-hybridized carbons (Fsp3) is 0.0625. The summed E-state index contributed by atoms with van der Waals surface area (Å²) in [5.74, 6) is 0. The molecule has 4 nitrogen and oxygen atoms in total. The predicted molar refractivity (Wildman–Crippen MR) is 83.9 cm³/mol. The molecule has 3 rings (SSSR count). The molecule has 0 aliphatic heterocycles. The minimum absolute atomic E-state index is 0. The van der Waals surface area contributed by atoms with Gasteiger partial charge in [0.25, 0.3) is 0 Å². The average molecular weight is 359 g/mol. The number of nitrogens with zero attached hydrogens (tertiary/aromatic N) is 1. The Morgan fingerprint density at radius 1 is 1.00 bits per heavy atom. The number of hydrogen-bond acceptors (Lipinski definition) is 3. The van der Waals surface area contributed by atoms with E-state index >= 15 is 0 Å². The molecule has 0 aliphatic carbocycles. The van der Waals surface area contributed by atoms with E-state index in [1.165, 1.54) is 0 Å². The van der Waals surface area contributed by atoms with E-state index in [4.69, 9.17) is 5.73 Å². The number of aromatic nitrogens is 1. The number of anilines is 1. The van der Waals surface area contributed by atoms with Gasteiger partial charge in [0.2, 0.25) is 5.52 Å². The summed E-state index contributed by atoms with van der Waals surface area (Å²) in [6.45, 7) is 0.565. The third-order valence-corrected chi connectivity index (χ3v) is 3.58. The highest BCUT2D eigenvalue weighted by atomic mass is 79.9. The molecule has 1 heterocycles. The average Bonchev–Trinajstić information content (AvgIpc) is 2.47. The zero-order valence-electron chi connectivity index (χ0n) is 11.9. The van der Waals surface area contributed by atoms with Crippen molar-refractivity contribution in [3.05, 3.63) is 66.4 Å². The zero-order valence-corrected chi connectivity index (χ0v) is 13.4. The number of benzene rings is 2. The number of fused-ring (bicyclic) bond motifs is 1.